The van der Waals surface area contributed by atoms with Crippen LogP contribution in [0.25, 0.3) is 0 Å². The number of nitrogens with one attached hydrogen (secondary N) is 1. The fraction of sp³-hybridized carbons (Fsp3) is 0.333. The number of carbonyl (C=O) groups is 1. The summed E-state index contributed by atoms with van der Waals surface area (Å²) in [7, 11) is 5.37. The van der Waals surface area contributed by atoms with Crippen LogP contribution in [0.3, 0.4) is 0 Å². The second-order valence-corrected chi connectivity index (χ2v) is 3.77. The molecule has 4 nitrogen and oxygen atoms in total. The molecule has 0 unspecified atom stereocenters. The molecule has 0 amide bonds. The molecule has 0 radical (unpaired) electrons. The molecule has 0 spiro atoms. The smallest absolute Gasteiger partial charge is 0.189 e. The molecule has 5 heteroatoms. The van der Waals surface area contributed by atoms with E-state index >= 15 is 0 Å². The van der Waals surface area contributed by atoms with E-state index in [1.807, 2.05) is 36.7 Å². The van der Waals surface area contributed by atoms with Crippen LogP contribution in [0.1, 0.15) is 0 Å². The van der Waals surface area contributed by atoms with Crippen molar-refractivity contribution in [2.45, 2.75) is 0 Å². The fourth-order valence-corrected chi connectivity index (χ4v) is 1.09. The predicted molar refractivity (Wildman–Crippen MR) is 67.5 cm³/mol. The molecule has 0 bridgehead atoms. The highest BCUT2D eigenvalue weighted by Gasteiger charge is 2.07. The van der Waals surface area contributed by atoms with Crippen LogP contribution in [-0.2, 0) is 4.79 Å². The van der Waals surface area contributed by atoms with E-state index in [9.17, 15) is 4.79 Å². The Morgan fingerprint density at radius 3 is 2.57 bits per heavy atom. The molecule has 0 saturated heterocycles. The van der Waals surface area contributed by atoms with Crippen LogP contribution in [0.2, 0.25) is 0 Å². The van der Waals surface area contributed by atoms with E-state index in [1.165, 1.54) is 6.08 Å². The van der Waals surface area contributed by atoms with Gasteiger partial charge >= 0.3 is 0 Å². The first-order valence-corrected chi connectivity index (χ1v) is 5.05. The summed E-state index contributed by atoms with van der Waals surface area (Å²) in [6.45, 7) is 3.65. The molecule has 14 heavy (non-hydrogen) atoms. The number of rotatable bonds is 5. The topological polar surface area (TPSA) is 44.7 Å². The average molecular weight is 307 g/mol. The third-order valence-corrected chi connectivity index (χ3v) is 2.17. The zero-order chi connectivity index (χ0) is 11.1. The maximum absolute atomic E-state index is 11.4. The van der Waals surface area contributed by atoms with E-state index in [0.717, 1.165) is 0 Å². The van der Waals surface area contributed by atoms with Crippen molar-refractivity contribution >= 4 is 32.1 Å². The Morgan fingerprint density at radius 2 is 2.14 bits per heavy atom. The monoisotopic (exact) mass is 307 g/mol. The molecule has 0 aliphatic carbocycles. The van der Waals surface area contributed by atoms with Gasteiger partial charge in [0.15, 0.2) is 5.78 Å². The van der Waals surface area contributed by atoms with Crippen LogP contribution in [0, 0.1) is 0 Å². The average Bonchev–Trinajstić information content (AvgIpc) is 2.13. The molecule has 0 heterocycles. The summed E-state index contributed by atoms with van der Waals surface area (Å²) in [5.74, 6) is -0.137. The van der Waals surface area contributed by atoms with Gasteiger partial charge in [0, 0.05) is 39.0 Å². The van der Waals surface area contributed by atoms with Crippen molar-refractivity contribution in [3.05, 3.63) is 24.4 Å². The Labute approximate surface area is 97.9 Å². The largest absolute Gasteiger partial charge is 0.383 e. The summed E-state index contributed by atoms with van der Waals surface area (Å²) >= 11 is 1.96. The molecule has 0 aromatic carbocycles. The standard InChI is InChI=1S/C9H14IN3O/c1-7(9(10)12-11-2)8(14)5-6-13(3)4/h5-6,11H,1H2,2-4H3/b6-5+,12-9+. The normalized spacial score (nSPS) is 11.6. The molecule has 1 N–H and O–H groups in total. The summed E-state index contributed by atoms with van der Waals surface area (Å²) in [5, 5.41) is 3.86. The van der Waals surface area contributed by atoms with Crippen molar-refractivity contribution in [2.75, 3.05) is 21.1 Å². The van der Waals surface area contributed by atoms with Crippen molar-refractivity contribution in [3.63, 3.8) is 0 Å². The van der Waals surface area contributed by atoms with Gasteiger partial charge < -0.3 is 10.3 Å². The van der Waals surface area contributed by atoms with E-state index in [0.29, 0.717) is 9.29 Å². The Kier molecular flexibility index (Phi) is 6.18. The van der Waals surface area contributed by atoms with Crippen molar-refractivity contribution < 1.29 is 4.79 Å². The molecule has 0 aromatic rings. The van der Waals surface area contributed by atoms with Gasteiger partial charge in [0.2, 0.25) is 0 Å². The number of halogens is 1. The third-order valence-electron chi connectivity index (χ3n) is 1.28. The zero-order valence-electron chi connectivity index (χ0n) is 8.54. The number of allylic oxidation sites excluding steroid dienone is 2. The maximum atomic E-state index is 11.4. The summed E-state index contributed by atoms with van der Waals surface area (Å²) in [5.41, 5.74) is 2.99. The summed E-state index contributed by atoms with van der Waals surface area (Å²) < 4.78 is 0.568. The minimum absolute atomic E-state index is 0.137. The second-order valence-electron chi connectivity index (χ2n) is 2.75. The van der Waals surface area contributed by atoms with E-state index in [2.05, 4.69) is 17.1 Å². The van der Waals surface area contributed by atoms with E-state index in [-0.39, 0.29) is 5.78 Å². The van der Waals surface area contributed by atoms with Crippen molar-refractivity contribution in [2.24, 2.45) is 5.10 Å². The highest BCUT2D eigenvalue weighted by atomic mass is 127. The fourth-order valence-electron chi connectivity index (χ4n) is 0.585. The first-order chi connectivity index (χ1) is 6.49. The van der Waals surface area contributed by atoms with Gasteiger partial charge in [-0.1, -0.05) is 6.58 Å². The van der Waals surface area contributed by atoms with Gasteiger partial charge in [-0.05, 0) is 22.6 Å². The SMILES string of the molecule is C=C(C(=O)/C=C/N(C)C)/C(I)=N\NC. The Bertz CT molecular complexity index is 282. The lowest BCUT2D eigenvalue weighted by Gasteiger charge is -2.03. The molecule has 0 aliphatic rings. The van der Waals surface area contributed by atoms with Crippen molar-refractivity contribution in [1.82, 2.24) is 10.3 Å². The van der Waals surface area contributed by atoms with Crippen LogP contribution in [0.5, 0.6) is 0 Å². The first kappa shape index (κ1) is 13.2. The summed E-state index contributed by atoms with van der Waals surface area (Å²) in [6.07, 6.45) is 3.14. The van der Waals surface area contributed by atoms with E-state index in [4.69, 9.17) is 0 Å². The lowest BCUT2D eigenvalue weighted by atomic mass is 10.2. The predicted octanol–water partition coefficient (Wildman–Crippen LogP) is 1.15. The maximum Gasteiger partial charge on any atom is 0.189 e. The molecule has 0 atom stereocenters. The lowest BCUT2D eigenvalue weighted by molar-refractivity contribution is -0.110. The van der Waals surface area contributed by atoms with Gasteiger partial charge in [0.1, 0.15) is 3.72 Å². The number of hydrogen-bond donors (Lipinski definition) is 1. The molecule has 0 saturated carbocycles. The number of ketones is 1. The van der Waals surface area contributed by atoms with Gasteiger partial charge in [-0.15, -0.1) is 0 Å². The van der Waals surface area contributed by atoms with Gasteiger partial charge in [0.05, 0.1) is 0 Å². The molecule has 78 valence electrons. The highest BCUT2D eigenvalue weighted by molar-refractivity contribution is 14.1. The van der Waals surface area contributed by atoms with E-state index in [1.54, 1.807) is 18.1 Å². The van der Waals surface area contributed by atoms with Crippen molar-refractivity contribution in [3.8, 4) is 0 Å². The molecule has 0 aliphatic heterocycles. The number of carbonyl (C=O) groups excluding carboxylic acids is 1. The molecule has 0 aromatic heterocycles. The van der Waals surface area contributed by atoms with Crippen LogP contribution in [-0.4, -0.2) is 35.5 Å². The van der Waals surface area contributed by atoms with Gasteiger partial charge in [-0.3, -0.25) is 4.79 Å². The van der Waals surface area contributed by atoms with Gasteiger partial charge in [-0.2, -0.15) is 5.10 Å². The number of nitrogens with zero attached hydrogens (tertiary/aromatic N) is 2. The number of hydrogen-bond acceptors (Lipinski definition) is 4. The van der Waals surface area contributed by atoms with Crippen LogP contribution in [0.4, 0.5) is 0 Å². The van der Waals surface area contributed by atoms with Crippen LogP contribution >= 0.6 is 22.6 Å². The Morgan fingerprint density at radius 1 is 1.57 bits per heavy atom. The van der Waals surface area contributed by atoms with E-state index < -0.39 is 0 Å². The van der Waals surface area contributed by atoms with Crippen LogP contribution in [0.15, 0.2) is 29.5 Å². The second kappa shape index (κ2) is 6.58. The minimum Gasteiger partial charge on any atom is -0.383 e. The summed E-state index contributed by atoms with van der Waals surface area (Å²) in [6, 6.07) is 0. The molecule has 0 fully saturated rings. The quantitative estimate of drug-likeness (QED) is 0.359. The van der Waals surface area contributed by atoms with Gasteiger partial charge in [0.25, 0.3) is 0 Å². The molecular weight excluding hydrogens is 293 g/mol. The highest BCUT2D eigenvalue weighted by Crippen LogP contribution is 2.05. The third kappa shape index (κ3) is 5.00. The van der Waals surface area contributed by atoms with Crippen molar-refractivity contribution in [1.29, 1.82) is 0 Å². The summed E-state index contributed by atoms with van der Waals surface area (Å²) in [4.78, 5) is 13.2. The Balaban J connectivity index is 4.41. The minimum atomic E-state index is -0.137. The van der Waals surface area contributed by atoms with Gasteiger partial charge in [-0.25, -0.2) is 0 Å². The number of hydrazone groups is 1. The molecular formula is C9H14IN3O. The lowest BCUT2D eigenvalue weighted by Crippen LogP contribution is -2.09. The molecule has 0 rings (SSSR count). The first-order valence-electron chi connectivity index (χ1n) is 3.97. The zero-order valence-corrected chi connectivity index (χ0v) is 10.7. The Hall–Kier alpha value is -0.850. The van der Waals surface area contributed by atoms with Crippen LogP contribution < -0.4 is 5.43 Å².